The Balaban J connectivity index is 2.01. The Bertz CT molecular complexity index is 526. The molecule has 88 valence electrons. The predicted molar refractivity (Wildman–Crippen MR) is 64.3 cm³/mol. The zero-order chi connectivity index (χ0) is 12.3. The fourth-order valence-corrected chi connectivity index (χ4v) is 1.86. The van der Waals surface area contributed by atoms with Crippen LogP contribution < -0.4 is 5.32 Å². The highest BCUT2D eigenvalue weighted by molar-refractivity contribution is 9.10. The third kappa shape index (κ3) is 2.91. The molecule has 0 fully saturated rings. The van der Waals surface area contributed by atoms with E-state index in [1.54, 1.807) is 0 Å². The maximum atomic E-state index is 11.6. The van der Waals surface area contributed by atoms with Gasteiger partial charge in [0.1, 0.15) is 6.20 Å². The van der Waals surface area contributed by atoms with Gasteiger partial charge in [0.15, 0.2) is 0 Å². The second kappa shape index (κ2) is 5.09. The minimum atomic E-state index is -0.322. The molecule has 1 aromatic carbocycles. The van der Waals surface area contributed by atoms with Crippen molar-refractivity contribution in [3.05, 3.63) is 45.8 Å². The zero-order valence-corrected chi connectivity index (χ0v) is 10.7. The molecule has 1 N–H and O–H groups in total. The summed E-state index contributed by atoms with van der Waals surface area (Å²) in [6.45, 7) is 2.43. The van der Waals surface area contributed by atoms with Gasteiger partial charge in [-0.3, -0.25) is 4.79 Å². The van der Waals surface area contributed by atoms with E-state index in [1.807, 2.05) is 25.1 Å². The number of benzene rings is 1. The average Bonchev–Trinajstić information content (AvgIpc) is 2.81. The van der Waals surface area contributed by atoms with Gasteiger partial charge in [-0.25, -0.2) is 0 Å². The Morgan fingerprint density at radius 3 is 3.00 bits per heavy atom. The van der Waals surface area contributed by atoms with Crippen LogP contribution in [0, 0.1) is 6.92 Å². The summed E-state index contributed by atoms with van der Waals surface area (Å²) in [5, 5.41) is 9.41. The number of hydrogen-bond acceptors (Lipinski definition) is 4. The van der Waals surface area contributed by atoms with Gasteiger partial charge in [0.2, 0.25) is 5.76 Å². The second-order valence-electron chi connectivity index (χ2n) is 3.54. The van der Waals surface area contributed by atoms with Crippen molar-refractivity contribution >= 4 is 21.8 Å². The molecule has 0 spiro atoms. The van der Waals surface area contributed by atoms with Gasteiger partial charge in [-0.15, -0.1) is 5.10 Å². The summed E-state index contributed by atoms with van der Waals surface area (Å²) in [6, 6.07) is 5.89. The first-order valence-corrected chi connectivity index (χ1v) is 5.76. The molecule has 6 heteroatoms. The highest BCUT2D eigenvalue weighted by Gasteiger charge is 2.10. The second-order valence-corrected chi connectivity index (χ2v) is 4.45. The van der Waals surface area contributed by atoms with Crippen molar-refractivity contribution in [3.63, 3.8) is 0 Å². The highest BCUT2D eigenvalue weighted by atomic mass is 79.9. The van der Waals surface area contributed by atoms with Crippen LogP contribution in [-0.2, 0) is 6.54 Å². The lowest BCUT2D eigenvalue weighted by atomic mass is 10.1. The van der Waals surface area contributed by atoms with Crippen LogP contribution in [0.15, 0.2) is 33.4 Å². The number of nitrogens with one attached hydrogen (secondary N) is 1. The van der Waals surface area contributed by atoms with Crippen molar-refractivity contribution in [3.8, 4) is 0 Å². The molecule has 0 bridgehead atoms. The summed E-state index contributed by atoms with van der Waals surface area (Å²) in [4.78, 5) is 11.6. The topological polar surface area (TPSA) is 68.0 Å². The lowest BCUT2D eigenvalue weighted by Gasteiger charge is -2.06. The Kier molecular flexibility index (Phi) is 3.53. The molecule has 1 amide bonds. The third-order valence-electron chi connectivity index (χ3n) is 2.33. The molecule has 0 atom stereocenters. The number of halogens is 1. The van der Waals surface area contributed by atoms with E-state index in [0.29, 0.717) is 6.54 Å². The van der Waals surface area contributed by atoms with Crippen molar-refractivity contribution < 1.29 is 9.32 Å². The molecule has 2 rings (SSSR count). The molecule has 0 unspecified atom stereocenters. The van der Waals surface area contributed by atoms with Gasteiger partial charge in [0.05, 0.1) is 0 Å². The molecule has 1 heterocycles. The number of aromatic nitrogens is 2. The zero-order valence-electron chi connectivity index (χ0n) is 9.11. The molecule has 0 radical (unpaired) electrons. The van der Waals surface area contributed by atoms with E-state index in [4.69, 9.17) is 0 Å². The fourth-order valence-electron chi connectivity index (χ4n) is 1.39. The maximum Gasteiger partial charge on any atom is 0.291 e. The molecule has 17 heavy (non-hydrogen) atoms. The van der Waals surface area contributed by atoms with Crippen LogP contribution >= 0.6 is 15.9 Å². The summed E-state index contributed by atoms with van der Waals surface area (Å²) in [7, 11) is 0. The van der Waals surface area contributed by atoms with Gasteiger partial charge >= 0.3 is 0 Å². The van der Waals surface area contributed by atoms with E-state index >= 15 is 0 Å². The van der Waals surface area contributed by atoms with Crippen LogP contribution in [0.4, 0.5) is 0 Å². The number of aryl methyl sites for hydroxylation is 1. The number of carbonyl (C=O) groups excluding carboxylic acids is 1. The minimum absolute atomic E-state index is 0.111. The van der Waals surface area contributed by atoms with Crippen LogP contribution in [-0.4, -0.2) is 16.3 Å². The van der Waals surface area contributed by atoms with Crippen molar-refractivity contribution in [1.82, 2.24) is 15.7 Å². The molecule has 5 nitrogen and oxygen atoms in total. The van der Waals surface area contributed by atoms with Crippen molar-refractivity contribution in [2.75, 3.05) is 0 Å². The van der Waals surface area contributed by atoms with Gasteiger partial charge in [-0.05, 0) is 30.2 Å². The molecule has 2 aromatic rings. The van der Waals surface area contributed by atoms with Gasteiger partial charge < -0.3 is 9.84 Å². The van der Waals surface area contributed by atoms with Crippen molar-refractivity contribution in [2.45, 2.75) is 13.5 Å². The van der Waals surface area contributed by atoms with E-state index in [2.05, 4.69) is 36.1 Å². The van der Waals surface area contributed by atoms with Gasteiger partial charge in [0.25, 0.3) is 5.91 Å². The Morgan fingerprint density at radius 2 is 2.35 bits per heavy atom. The first kappa shape index (κ1) is 11.8. The normalized spacial score (nSPS) is 10.2. The summed E-state index contributed by atoms with van der Waals surface area (Å²) in [5.74, 6) is -0.211. The summed E-state index contributed by atoms with van der Waals surface area (Å²) in [5.41, 5.74) is 2.16. The highest BCUT2D eigenvalue weighted by Crippen LogP contribution is 2.15. The van der Waals surface area contributed by atoms with E-state index in [9.17, 15) is 4.79 Å². The van der Waals surface area contributed by atoms with Crippen LogP contribution in [0.2, 0.25) is 0 Å². The smallest absolute Gasteiger partial charge is 0.291 e. The number of hydrogen-bond donors (Lipinski definition) is 1. The summed E-state index contributed by atoms with van der Waals surface area (Å²) >= 11 is 3.39. The molecule has 0 aliphatic rings. The lowest BCUT2D eigenvalue weighted by molar-refractivity contribution is 0.0913. The molecule has 0 aliphatic heterocycles. The molecular formula is C11H10BrN3O2. The number of rotatable bonds is 3. The monoisotopic (exact) mass is 295 g/mol. The largest absolute Gasteiger partial charge is 0.345 e. The summed E-state index contributed by atoms with van der Waals surface area (Å²) in [6.07, 6.45) is 1.28. The van der Waals surface area contributed by atoms with E-state index < -0.39 is 0 Å². The van der Waals surface area contributed by atoms with Gasteiger partial charge in [-0.2, -0.15) is 0 Å². The first-order chi connectivity index (χ1) is 8.16. The Hall–Kier alpha value is -1.69. The first-order valence-electron chi connectivity index (χ1n) is 4.97. The number of carbonyl (C=O) groups is 1. The third-order valence-corrected chi connectivity index (χ3v) is 2.82. The molecule has 0 saturated heterocycles. The van der Waals surface area contributed by atoms with Crippen molar-refractivity contribution in [1.29, 1.82) is 0 Å². The molecule has 0 aliphatic carbocycles. The minimum Gasteiger partial charge on any atom is -0.345 e. The average molecular weight is 296 g/mol. The lowest BCUT2D eigenvalue weighted by Crippen LogP contribution is -2.22. The molecule has 0 saturated carbocycles. The van der Waals surface area contributed by atoms with E-state index in [0.717, 1.165) is 15.6 Å². The van der Waals surface area contributed by atoms with E-state index in [1.165, 1.54) is 6.20 Å². The fraction of sp³-hybridized carbons (Fsp3) is 0.182. The SMILES string of the molecule is Cc1cc(Br)ccc1CNC(=O)c1cnno1. The van der Waals surface area contributed by atoms with Gasteiger partial charge in [-0.1, -0.05) is 22.0 Å². The predicted octanol–water partition coefficient (Wildman–Crippen LogP) is 2.07. The van der Waals surface area contributed by atoms with Gasteiger partial charge in [0, 0.05) is 16.3 Å². The maximum absolute atomic E-state index is 11.6. The molecular weight excluding hydrogens is 286 g/mol. The van der Waals surface area contributed by atoms with Crippen molar-refractivity contribution in [2.24, 2.45) is 0 Å². The quantitative estimate of drug-likeness (QED) is 0.941. The Morgan fingerprint density at radius 1 is 1.53 bits per heavy atom. The van der Waals surface area contributed by atoms with Crippen LogP contribution in [0.3, 0.4) is 0 Å². The van der Waals surface area contributed by atoms with E-state index in [-0.39, 0.29) is 11.7 Å². The van der Waals surface area contributed by atoms with Crippen LogP contribution in [0.25, 0.3) is 0 Å². The standard InChI is InChI=1S/C11H10BrN3O2/c1-7-4-9(12)3-2-8(7)5-13-11(16)10-6-14-15-17-10/h2-4,6H,5H2,1H3,(H,13,16). The van der Waals surface area contributed by atoms with Crippen LogP contribution in [0.5, 0.6) is 0 Å². The number of nitrogens with zero attached hydrogens (tertiary/aromatic N) is 2. The Labute approximate surface area is 106 Å². The van der Waals surface area contributed by atoms with Crippen LogP contribution in [0.1, 0.15) is 21.7 Å². The summed E-state index contributed by atoms with van der Waals surface area (Å²) < 4.78 is 5.67. The molecule has 1 aromatic heterocycles. The number of amides is 1.